The van der Waals surface area contributed by atoms with Crippen molar-refractivity contribution >= 4 is 22.4 Å². The number of carbonyl (C=O) groups is 1. The van der Waals surface area contributed by atoms with Gasteiger partial charge in [-0.25, -0.2) is 4.98 Å². The summed E-state index contributed by atoms with van der Waals surface area (Å²) in [6, 6.07) is 24.5. The molecule has 5 heteroatoms. The summed E-state index contributed by atoms with van der Waals surface area (Å²) in [6.45, 7) is 4.36. The summed E-state index contributed by atoms with van der Waals surface area (Å²) in [5, 5.41) is 6.12. The van der Waals surface area contributed by atoms with E-state index in [-0.39, 0.29) is 11.8 Å². The van der Waals surface area contributed by atoms with E-state index in [1.165, 1.54) is 16.3 Å². The number of rotatable bonds is 4. The minimum absolute atomic E-state index is 0.0892. The number of aryl methyl sites for hydroxylation is 1. The van der Waals surface area contributed by atoms with Crippen LogP contribution in [-0.2, 0) is 0 Å². The zero-order valence-electron chi connectivity index (χ0n) is 17.5. The normalized spacial score (nSPS) is 16.4. The molecule has 1 fully saturated rings. The predicted molar refractivity (Wildman–Crippen MR) is 124 cm³/mol. The summed E-state index contributed by atoms with van der Waals surface area (Å²) in [5.41, 5.74) is 3.04. The third-order valence-corrected chi connectivity index (χ3v) is 5.89. The first-order chi connectivity index (χ1) is 15.2. The van der Waals surface area contributed by atoms with E-state index in [1.807, 2.05) is 19.1 Å². The van der Waals surface area contributed by atoms with Crippen LogP contribution in [0.25, 0.3) is 10.8 Å². The first-order valence-electron chi connectivity index (χ1n) is 10.6. The Morgan fingerprint density at radius 1 is 1.00 bits per heavy atom. The van der Waals surface area contributed by atoms with Crippen LogP contribution in [-0.4, -0.2) is 35.4 Å². The van der Waals surface area contributed by atoms with Gasteiger partial charge in [-0.1, -0.05) is 42.5 Å². The zero-order valence-corrected chi connectivity index (χ0v) is 17.5. The van der Waals surface area contributed by atoms with Gasteiger partial charge in [0.1, 0.15) is 11.5 Å². The average Bonchev–Trinajstić information content (AvgIpc) is 2.84. The molecule has 1 saturated heterocycles. The number of hydrogen-bond acceptors (Lipinski definition) is 5. The molecule has 1 atom stereocenters. The summed E-state index contributed by atoms with van der Waals surface area (Å²) in [5.74, 6) is 0.744. The van der Waals surface area contributed by atoms with Crippen molar-refractivity contribution in [3.63, 3.8) is 0 Å². The van der Waals surface area contributed by atoms with E-state index in [9.17, 15) is 4.79 Å². The summed E-state index contributed by atoms with van der Waals surface area (Å²) in [6.07, 6.45) is 1.70. The van der Waals surface area contributed by atoms with Crippen LogP contribution in [0.4, 0.5) is 5.82 Å². The lowest BCUT2D eigenvalue weighted by Gasteiger charge is -2.35. The van der Waals surface area contributed by atoms with Crippen molar-refractivity contribution in [2.45, 2.75) is 13.0 Å². The second-order valence-corrected chi connectivity index (χ2v) is 7.91. The van der Waals surface area contributed by atoms with Crippen LogP contribution in [0.3, 0.4) is 0 Å². The highest BCUT2D eigenvalue weighted by atomic mass is 16.1. The lowest BCUT2D eigenvalue weighted by Crippen LogP contribution is -2.46. The van der Waals surface area contributed by atoms with Gasteiger partial charge in [0.15, 0.2) is 0 Å². The van der Waals surface area contributed by atoms with E-state index < -0.39 is 0 Å². The predicted octanol–water partition coefficient (Wildman–Crippen LogP) is 4.32. The molecule has 0 bridgehead atoms. The largest absolute Gasteiger partial charge is 0.353 e. The van der Waals surface area contributed by atoms with Crippen molar-refractivity contribution in [3.8, 4) is 0 Å². The van der Waals surface area contributed by atoms with Gasteiger partial charge in [0, 0.05) is 43.1 Å². The number of carbonyl (C=O) groups excluding carboxylic acids is 1. The molecule has 3 heterocycles. The number of nitrogens with zero attached hydrogens (tertiary/aromatic N) is 3. The average molecular weight is 409 g/mol. The summed E-state index contributed by atoms with van der Waals surface area (Å²) >= 11 is 0. The van der Waals surface area contributed by atoms with Crippen molar-refractivity contribution in [1.29, 1.82) is 0 Å². The standard InChI is InChI=1S/C26H24N4O/c1-18-22(8-5-13-27-18)26(31)23-9-4-10-25(29-23)30-15-14-28-24(17-30)21-12-11-19-6-2-3-7-20(19)16-21/h2-13,16,24,28H,14-15,17H2,1H3. The third-order valence-electron chi connectivity index (χ3n) is 5.89. The fourth-order valence-corrected chi connectivity index (χ4v) is 4.19. The van der Waals surface area contributed by atoms with E-state index in [1.54, 1.807) is 24.4 Å². The van der Waals surface area contributed by atoms with Gasteiger partial charge in [0.25, 0.3) is 0 Å². The summed E-state index contributed by atoms with van der Waals surface area (Å²) < 4.78 is 0. The van der Waals surface area contributed by atoms with Gasteiger partial charge in [-0.2, -0.15) is 0 Å². The molecule has 4 aromatic rings. The monoisotopic (exact) mass is 408 g/mol. The molecule has 5 nitrogen and oxygen atoms in total. The Kier molecular flexibility index (Phi) is 5.18. The van der Waals surface area contributed by atoms with E-state index in [2.05, 4.69) is 57.7 Å². The number of benzene rings is 2. The van der Waals surface area contributed by atoms with E-state index in [0.29, 0.717) is 11.3 Å². The van der Waals surface area contributed by atoms with Crippen molar-refractivity contribution in [2.75, 3.05) is 24.5 Å². The van der Waals surface area contributed by atoms with Gasteiger partial charge >= 0.3 is 0 Å². The molecule has 0 spiro atoms. The smallest absolute Gasteiger partial charge is 0.213 e. The van der Waals surface area contributed by atoms with Gasteiger partial charge in [-0.05, 0) is 53.6 Å². The zero-order chi connectivity index (χ0) is 21.2. The molecule has 0 amide bonds. The fraction of sp³-hybridized carbons (Fsp3) is 0.192. The Labute approximate surface area is 181 Å². The molecular weight excluding hydrogens is 384 g/mol. The Bertz CT molecular complexity index is 1250. The molecule has 0 saturated carbocycles. The SMILES string of the molecule is Cc1ncccc1C(=O)c1cccc(N2CCNC(c3ccc4ccccc4c3)C2)n1. The van der Waals surface area contributed by atoms with Gasteiger partial charge in [0.05, 0.1) is 0 Å². The van der Waals surface area contributed by atoms with Crippen molar-refractivity contribution in [1.82, 2.24) is 15.3 Å². The Morgan fingerprint density at radius 3 is 2.74 bits per heavy atom. The number of nitrogens with one attached hydrogen (secondary N) is 1. The van der Waals surface area contributed by atoms with Crippen LogP contribution < -0.4 is 10.2 Å². The van der Waals surface area contributed by atoms with Crippen molar-refractivity contribution in [2.24, 2.45) is 0 Å². The highest BCUT2D eigenvalue weighted by molar-refractivity contribution is 6.08. The molecule has 0 radical (unpaired) electrons. The van der Waals surface area contributed by atoms with Crippen LogP contribution in [0.15, 0.2) is 79.0 Å². The molecule has 154 valence electrons. The molecule has 1 N–H and O–H groups in total. The number of fused-ring (bicyclic) bond motifs is 1. The first kappa shape index (κ1) is 19.4. The number of aromatic nitrogens is 2. The Hall–Kier alpha value is -3.57. The van der Waals surface area contributed by atoms with Crippen LogP contribution in [0, 0.1) is 6.92 Å². The number of piperazine rings is 1. The maximum Gasteiger partial charge on any atom is 0.213 e. The van der Waals surface area contributed by atoms with E-state index in [4.69, 9.17) is 4.98 Å². The summed E-state index contributed by atoms with van der Waals surface area (Å²) in [7, 11) is 0. The lowest BCUT2D eigenvalue weighted by molar-refractivity contribution is 0.103. The van der Waals surface area contributed by atoms with Crippen LogP contribution in [0.1, 0.15) is 33.4 Å². The molecule has 5 rings (SSSR count). The van der Waals surface area contributed by atoms with Gasteiger partial charge < -0.3 is 10.2 Å². The number of pyridine rings is 2. The highest BCUT2D eigenvalue weighted by Gasteiger charge is 2.23. The number of hydrogen-bond donors (Lipinski definition) is 1. The van der Waals surface area contributed by atoms with Gasteiger partial charge in [0.2, 0.25) is 5.78 Å². The van der Waals surface area contributed by atoms with Crippen molar-refractivity contribution in [3.05, 3.63) is 102 Å². The first-order valence-corrected chi connectivity index (χ1v) is 10.6. The minimum Gasteiger partial charge on any atom is -0.353 e. The lowest BCUT2D eigenvalue weighted by atomic mass is 10.00. The van der Waals surface area contributed by atoms with Crippen LogP contribution in [0.2, 0.25) is 0 Å². The molecule has 2 aromatic carbocycles. The molecule has 0 aliphatic carbocycles. The molecule has 2 aromatic heterocycles. The molecular formula is C26H24N4O. The topological polar surface area (TPSA) is 58.1 Å². The molecule has 1 aliphatic heterocycles. The molecule has 31 heavy (non-hydrogen) atoms. The highest BCUT2D eigenvalue weighted by Crippen LogP contribution is 2.25. The van der Waals surface area contributed by atoms with Gasteiger partial charge in [-0.3, -0.25) is 9.78 Å². The maximum atomic E-state index is 13.0. The van der Waals surface area contributed by atoms with Gasteiger partial charge in [-0.15, -0.1) is 0 Å². The molecule has 1 aliphatic rings. The quantitative estimate of drug-likeness (QED) is 0.510. The molecule has 1 unspecified atom stereocenters. The van der Waals surface area contributed by atoms with Crippen LogP contribution in [0.5, 0.6) is 0 Å². The number of ketones is 1. The second kappa shape index (κ2) is 8.28. The third kappa shape index (κ3) is 3.92. The van der Waals surface area contributed by atoms with Crippen molar-refractivity contribution < 1.29 is 4.79 Å². The Balaban J connectivity index is 1.39. The summed E-state index contributed by atoms with van der Waals surface area (Å²) in [4.78, 5) is 24.2. The number of anilines is 1. The second-order valence-electron chi connectivity index (χ2n) is 7.91. The fourth-order valence-electron chi connectivity index (χ4n) is 4.19. The van der Waals surface area contributed by atoms with Crippen LogP contribution >= 0.6 is 0 Å². The van der Waals surface area contributed by atoms with E-state index in [0.717, 1.165) is 31.1 Å². The Morgan fingerprint density at radius 2 is 1.87 bits per heavy atom. The minimum atomic E-state index is -0.0892. The van der Waals surface area contributed by atoms with E-state index >= 15 is 0 Å². The maximum absolute atomic E-state index is 13.0.